The van der Waals surface area contributed by atoms with Gasteiger partial charge >= 0.3 is 5.97 Å². The van der Waals surface area contributed by atoms with Crippen molar-refractivity contribution < 1.29 is 33.6 Å². The van der Waals surface area contributed by atoms with E-state index in [4.69, 9.17) is 18.6 Å². The fraction of sp³-hybridized carbons (Fsp3) is 0.154. The van der Waals surface area contributed by atoms with Gasteiger partial charge in [0.25, 0.3) is 0 Å². The van der Waals surface area contributed by atoms with Crippen molar-refractivity contribution in [2.45, 2.75) is 12.3 Å². The van der Waals surface area contributed by atoms with Gasteiger partial charge in [0.2, 0.25) is 0 Å². The van der Waals surface area contributed by atoms with Gasteiger partial charge < -0.3 is 28.8 Å². The molecule has 34 heavy (non-hydrogen) atoms. The first-order chi connectivity index (χ1) is 16.4. The number of hydrogen-bond acceptors (Lipinski definition) is 8. The molecule has 0 aliphatic carbocycles. The van der Waals surface area contributed by atoms with E-state index in [1.165, 1.54) is 38.5 Å². The number of hydrogen-bond donors (Lipinski definition) is 2. The molecule has 1 atom stereocenters. The van der Waals surface area contributed by atoms with Crippen LogP contribution in [-0.4, -0.2) is 30.4 Å². The lowest BCUT2D eigenvalue weighted by atomic mass is 9.84. The van der Waals surface area contributed by atoms with E-state index in [-0.39, 0.29) is 40.4 Å². The Balaban J connectivity index is 1.81. The van der Waals surface area contributed by atoms with Crippen molar-refractivity contribution in [3.8, 4) is 40.1 Å². The van der Waals surface area contributed by atoms with Crippen molar-refractivity contribution in [3.63, 3.8) is 0 Å². The third-order valence-electron chi connectivity index (χ3n) is 5.89. The summed E-state index contributed by atoms with van der Waals surface area (Å²) in [4.78, 5) is 25.5. The summed E-state index contributed by atoms with van der Waals surface area (Å²) in [6, 6.07) is 13.9. The molecular weight excluding hydrogens is 440 g/mol. The molecule has 0 unspecified atom stereocenters. The standard InChI is InChI=1S/C26H20O8/c1-31-15-7-8-16(21(9-15)32-2)17-10-23(30)33-22-12-19(29)25-18(28)11-20(34-26(25)24(17)22)13-3-5-14(27)6-4-13/h3-9,11-12,17,27,29H,10H2,1-2H3/t17-/m0/s1. The molecule has 4 aromatic rings. The number of rotatable bonds is 4. The second kappa shape index (κ2) is 8.15. The molecule has 1 aromatic heterocycles. The third kappa shape index (κ3) is 3.49. The second-order valence-electron chi connectivity index (χ2n) is 7.87. The molecule has 0 bridgehead atoms. The number of ether oxygens (including phenoxy) is 3. The maximum absolute atomic E-state index is 13.0. The fourth-order valence-corrected chi connectivity index (χ4v) is 4.30. The van der Waals surface area contributed by atoms with Crippen LogP contribution in [-0.2, 0) is 4.79 Å². The van der Waals surface area contributed by atoms with Gasteiger partial charge in [0.1, 0.15) is 45.5 Å². The average Bonchev–Trinajstić information content (AvgIpc) is 2.83. The summed E-state index contributed by atoms with van der Waals surface area (Å²) in [5.74, 6) is 0.0666. The summed E-state index contributed by atoms with van der Waals surface area (Å²) >= 11 is 0. The average molecular weight is 460 g/mol. The van der Waals surface area contributed by atoms with Crippen LogP contribution in [0.1, 0.15) is 23.5 Å². The molecule has 0 saturated carbocycles. The minimum absolute atomic E-state index is 0.0169. The monoisotopic (exact) mass is 460 g/mol. The SMILES string of the molecule is COc1ccc([C@@H]2CC(=O)Oc3cc(O)c4c(=O)cc(-c5ccc(O)cc5)oc4c32)c(OC)c1. The maximum atomic E-state index is 13.0. The number of esters is 1. The Morgan fingerprint density at radius 1 is 0.941 bits per heavy atom. The van der Waals surface area contributed by atoms with Crippen LogP contribution in [0.5, 0.6) is 28.7 Å². The van der Waals surface area contributed by atoms with Crippen molar-refractivity contribution in [2.75, 3.05) is 14.2 Å². The Kier molecular flexibility index (Phi) is 5.13. The maximum Gasteiger partial charge on any atom is 0.312 e. The number of carbonyl (C=O) groups excluding carboxylic acids is 1. The van der Waals surface area contributed by atoms with Gasteiger partial charge in [-0.15, -0.1) is 0 Å². The number of methoxy groups -OCH3 is 2. The first-order valence-electron chi connectivity index (χ1n) is 10.4. The largest absolute Gasteiger partial charge is 0.508 e. The van der Waals surface area contributed by atoms with Gasteiger partial charge in [-0.3, -0.25) is 9.59 Å². The Labute approximate surface area is 193 Å². The van der Waals surface area contributed by atoms with Crippen LogP contribution in [0.2, 0.25) is 0 Å². The van der Waals surface area contributed by atoms with Gasteiger partial charge in [-0.2, -0.15) is 0 Å². The van der Waals surface area contributed by atoms with Crippen LogP contribution in [0, 0.1) is 0 Å². The molecule has 0 spiro atoms. The second-order valence-corrected chi connectivity index (χ2v) is 7.87. The molecule has 2 N–H and O–H groups in total. The lowest BCUT2D eigenvalue weighted by Gasteiger charge is -2.27. The molecule has 8 nitrogen and oxygen atoms in total. The van der Waals surface area contributed by atoms with E-state index in [0.717, 1.165) is 0 Å². The number of benzene rings is 3. The number of fused-ring (bicyclic) bond motifs is 3. The zero-order valence-electron chi connectivity index (χ0n) is 18.3. The predicted octanol–water partition coefficient (Wildman–Crippen LogP) is 4.33. The topological polar surface area (TPSA) is 115 Å². The fourth-order valence-electron chi connectivity index (χ4n) is 4.30. The number of phenolic OH excluding ortho intramolecular Hbond substituents is 2. The molecule has 2 heterocycles. The first-order valence-corrected chi connectivity index (χ1v) is 10.4. The Hall–Kier alpha value is -4.46. The minimum atomic E-state index is -0.571. The molecule has 8 heteroatoms. The van der Waals surface area contributed by atoms with Crippen LogP contribution in [0.25, 0.3) is 22.3 Å². The molecule has 5 rings (SSSR count). The number of carbonyl (C=O) groups is 1. The van der Waals surface area contributed by atoms with Crippen LogP contribution in [0.15, 0.2) is 63.8 Å². The smallest absolute Gasteiger partial charge is 0.312 e. The van der Waals surface area contributed by atoms with Crippen molar-refractivity contribution >= 4 is 16.9 Å². The minimum Gasteiger partial charge on any atom is -0.508 e. The van der Waals surface area contributed by atoms with E-state index in [0.29, 0.717) is 28.2 Å². The van der Waals surface area contributed by atoms with Crippen molar-refractivity contribution in [1.29, 1.82) is 0 Å². The molecular formula is C26H20O8. The lowest BCUT2D eigenvalue weighted by Crippen LogP contribution is -2.22. The molecule has 0 amide bonds. The third-order valence-corrected chi connectivity index (χ3v) is 5.89. The molecule has 0 fully saturated rings. The van der Waals surface area contributed by atoms with Crippen LogP contribution in [0.4, 0.5) is 0 Å². The van der Waals surface area contributed by atoms with Crippen LogP contribution >= 0.6 is 0 Å². The Morgan fingerprint density at radius 3 is 2.41 bits per heavy atom. The molecule has 1 aliphatic rings. The van der Waals surface area contributed by atoms with Crippen LogP contribution in [0.3, 0.4) is 0 Å². The van der Waals surface area contributed by atoms with Gasteiger partial charge in [-0.25, -0.2) is 0 Å². The van der Waals surface area contributed by atoms with E-state index in [1.54, 1.807) is 30.3 Å². The summed E-state index contributed by atoms with van der Waals surface area (Å²) in [7, 11) is 3.05. The van der Waals surface area contributed by atoms with Gasteiger partial charge in [0.05, 0.1) is 20.6 Å². The molecule has 0 radical (unpaired) electrons. The summed E-state index contributed by atoms with van der Waals surface area (Å²) in [5, 5.41) is 20.2. The van der Waals surface area contributed by atoms with Gasteiger partial charge in [0.15, 0.2) is 5.43 Å². The Morgan fingerprint density at radius 2 is 1.71 bits per heavy atom. The number of aromatic hydroxyl groups is 2. The van der Waals surface area contributed by atoms with Gasteiger partial charge in [0, 0.05) is 40.8 Å². The van der Waals surface area contributed by atoms with E-state index in [1.807, 2.05) is 0 Å². The summed E-state index contributed by atoms with van der Waals surface area (Å²) in [5.41, 5.74) is 1.34. The molecule has 3 aromatic carbocycles. The molecule has 172 valence electrons. The molecule has 0 saturated heterocycles. The van der Waals surface area contributed by atoms with Crippen molar-refractivity contribution in [2.24, 2.45) is 0 Å². The lowest BCUT2D eigenvalue weighted by molar-refractivity contribution is -0.135. The van der Waals surface area contributed by atoms with E-state index >= 15 is 0 Å². The van der Waals surface area contributed by atoms with Crippen molar-refractivity contribution in [3.05, 3.63) is 75.9 Å². The van der Waals surface area contributed by atoms with E-state index in [9.17, 15) is 19.8 Å². The first kappa shape index (κ1) is 21.4. The molecule has 1 aliphatic heterocycles. The number of phenols is 2. The highest BCUT2D eigenvalue weighted by molar-refractivity contribution is 5.93. The quantitative estimate of drug-likeness (QED) is 0.342. The highest BCUT2D eigenvalue weighted by atomic mass is 16.5. The predicted molar refractivity (Wildman–Crippen MR) is 123 cm³/mol. The van der Waals surface area contributed by atoms with Crippen LogP contribution < -0.4 is 19.6 Å². The van der Waals surface area contributed by atoms with E-state index < -0.39 is 17.3 Å². The zero-order chi connectivity index (χ0) is 24.0. The van der Waals surface area contributed by atoms with E-state index in [2.05, 4.69) is 0 Å². The summed E-state index contributed by atoms with van der Waals surface area (Å²) in [6.07, 6.45) is -0.0251. The normalized spacial score (nSPS) is 15.0. The highest BCUT2D eigenvalue weighted by Crippen LogP contribution is 2.48. The van der Waals surface area contributed by atoms with Gasteiger partial charge in [-0.05, 0) is 30.3 Å². The van der Waals surface area contributed by atoms with Crippen molar-refractivity contribution in [1.82, 2.24) is 0 Å². The highest BCUT2D eigenvalue weighted by Gasteiger charge is 2.35. The Bertz CT molecular complexity index is 1480. The summed E-state index contributed by atoms with van der Waals surface area (Å²) in [6.45, 7) is 0. The zero-order valence-corrected chi connectivity index (χ0v) is 18.3. The van der Waals surface area contributed by atoms with Gasteiger partial charge in [-0.1, -0.05) is 6.07 Å². The summed E-state index contributed by atoms with van der Waals surface area (Å²) < 4.78 is 22.4.